The predicted octanol–water partition coefficient (Wildman–Crippen LogP) is 2.79. The van der Waals surface area contributed by atoms with E-state index in [1.807, 2.05) is 18.2 Å². The standard InChI is InChI=1S/C11H16O2S/c1-9(11(12-2)13-3)14-10-7-5-4-6-8-10/h4-9,11H,1-3H3. The van der Waals surface area contributed by atoms with Crippen molar-refractivity contribution in [2.24, 2.45) is 0 Å². The molecule has 0 saturated carbocycles. The summed E-state index contributed by atoms with van der Waals surface area (Å²) in [5.74, 6) is 0. The van der Waals surface area contributed by atoms with Crippen LogP contribution in [-0.4, -0.2) is 25.8 Å². The molecule has 0 saturated heterocycles. The zero-order valence-corrected chi connectivity index (χ0v) is 9.58. The summed E-state index contributed by atoms with van der Waals surface area (Å²) in [6.07, 6.45) is -0.153. The number of hydrogen-bond donors (Lipinski definition) is 0. The van der Waals surface area contributed by atoms with Gasteiger partial charge in [-0.1, -0.05) is 18.2 Å². The highest BCUT2D eigenvalue weighted by atomic mass is 32.2. The van der Waals surface area contributed by atoms with Gasteiger partial charge in [0.2, 0.25) is 0 Å². The highest BCUT2D eigenvalue weighted by Crippen LogP contribution is 2.25. The lowest BCUT2D eigenvalue weighted by Crippen LogP contribution is -2.24. The Balaban J connectivity index is 2.52. The van der Waals surface area contributed by atoms with Gasteiger partial charge in [-0.3, -0.25) is 0 Å². The van der Waals surface area contributed by atoms with Gasteiger partial charge in [-0.25, -0.2) is 0 Å². The third kappa shape index (κ3) is 3.33. The van der Waals surface area contributed by atoms with Crippen LogP contribution >= 0.6 is 11.8 Å². The Labute approximate surface area is 89.6 Å². The van der Waals surface area contributed by atoms with E-state index in [2.05, 4.69) is 19.1 Å². The normalized spacial score (nSPS) is 13.1. The predicted molar refractivity (Wildman–Crippen MR) is 59.6 cm³/mol. The van der Waals surface area contributed by atoms with Crippen molar-refractivity contribution in [3.63, 3.8) is 0 Å². The van der Waals surface area contributed by atoms with Crippen LogP contribution in [0.25, 0.3) is 0 Å². The third-order valence-corrected chi connectivity index (χ3v) is 3.05. The monoisotopic (exact) mass is 212 g/mol. The number of rotatable bonds is 5. The maximum atomic E-state index is 5.19. The van der Waals surface area contributed by atoms with Gasteiger partial charge in [-0.15, -0.1) is 11.8 Å². The number of ether oxygens (including phenoxy) is 2. The van der Waals surface area contributed by atoms with Gasteiger partial charge in [0.15, 0.2) is 6.29 Å². The quantitative estimate of drug-likeness (QED) is 0.552. The SMILES string of the molecule is COC(OC)C(C)Sc1ccccc1. The van der Waals surface area contributed by atoms with E-state index in [1.165, 1.54) is 4.90 Å². The van der Waals surface area contributed by atoms with Crippen molar-refractivity contribution in [3.05, 3.63) is 30.3 Å². The molecule has 0 spiro atoms. The first kappa shape index (κ1) is 11.6. The smallest absolute Gasteiger partial charge is 0.168 e. The summed E-state index contributed by atoms with van der Waals surface area (Å²) in [5, 5.41) is 0.285. The average Bonchev–Trinajstić information content (AvgIpc) is 2.21. The summed E-state index contributed by atoms with van der Waals surface area (Å²) in [7, 11) is 3.33. The third-order valence-electron chi connectivity index (χ3n) is 1.91. The Bertz CT molecular complexity index is 247. The van der Waals surface area contributed by atoms with Crippen molar-refractivity contribution >= 4 is 11.8 Å². The fourth-order valence-corrected chi connectivity index (χ4v) is 2.33. The largest absolute Gasteiger partial charge is 0.355 e. The Hall–Kier alpha value is -0.510. The second-order valence-corrected chi connectivity index (χ2v) is 4.43. The van der Waals surface area contributed by atoms with E-state index in [9.17, 15) is 0 Å². The molecule has 14 heavy (non-hydrogen) atoms. The van der Waals surface area contributed by atoms with Gasteiger partial charge in [-0.2, -0.15) is 0 Å². The van der Waals surface area contributed by atoms with E-state index in [-0.39, 0.29) is 11.5 Å². The summed E-state index contributed by atoms with van der Waals surface area (Å²) in [4.78, 5) is 1.24. The van der Waals surface area contributed by atoms with Crippen LogP contribution in [0.2, 0.25) is 0 Å². The summed E-state index contributed by atoms with van der Waals surface area (Å²) in [5.41, 5.74) is 0. The van der Waals surface area contributed by atoms with E-state index < -0.39 is 0 Å². The summed E-state index contributed by atoms with van der Waals surface area (Å²) < 4.78 is 10.4. The first-order chi connectivity index (χ1) is 6.77. The molecule has 0 fully saturated rings. The Kier molecular flexibility index (Phi) is 5.01. The minimum Gasteiger partial charge on any atom is -0.355 e. The van der Waals surface area contributed by atoms with E-state index in [1.54, 1.807) is 26.0 Å². The van der Waals surface area contributed by atoms with Gasteiger partial charge in [0, 0.05) is 19.1 Å². The molecule has 3 heteroatoms. The van der Waals surface area contributed by atoms with Crippen LogP contribution in [0.15, 0.2) is 35.2 Å². The van der Waals surface area contributed by atoms with Crippen molar-refractivity contribution in [2.75, 3.05) is 14.2 Å². The minimum absolute atomic E-state index is 0.153. The Morgan fingerprint density at radius 1 is 1.07 bits per heavy atom. The van der Waals surface area contributed by atoms with Crippen LogP contribution in [0.1, 0.15) is 6.92 Å². The molecular weight excluding hydrogens is 196 g/mol. The molecule has 0 aliphatic carbocycles. The Morgan fingerprint density at radius 2 is 1.64 bits per heavy atom. The van der Waals surface area contributed by atoms with Gasteiger partial charge < -0.3 is 9.47 Å². The maximum Gasteiger partial charge on any atom is 0.168 e. The molecular formula is C11H16O2S. The van der Waals surface area contributed by atoms with Crippen molar-refractivity contribution in [1.29, 1.82) is 0 Å². The lowest BCUT2D eigenvalue weighted by Gasteiger charge is -2.20. The summed E-state index contributed by atoms with van der Waals surface area (Å²) in [6.45, 7) is 2.09. The van der Waals surface area contributed by atoms with Crippen LogP contribution in [-0.2, 0) is 9.47 Å². The molecule has 0 N–H and O–H groups in total. The van der Waals surface area contributed by atoms with Gasteiger partial charge in [0.05, 0.1) is 5.25 Å². The molecule has 0 bridgehead atoms. The second-order valence-electron chi connectivity index (χ2n) is 2.98. The fourth-order valence-electron chi connectivity index (χ4n) is 1.25. The molecule has 0 heterocycles. The number of benzene rings is 1. The molecule has 1 aromatic rings. The lowest BCUT2D eigenvalue weighted by molar-refractivity contribution is -0.0988. The molecule has 1 rings (SSSR count). The van der Waals surface area contributed by atoms with E-state index in [0.717, 1.165) is 0 Å². The van der Waals surface area contributed by atoms with Crippen LogP contribution in [0.5, 0.6) is 0 Å². The van der Waals surface area contributed by atoms with Crippen molar-refractivity contribution in [2.45, 2.75) is 23.4 Å². The first-order valence-electron chi connectivity index (χ1n) is 4.55. The van der Waals surface area contributed by atoms with Crippen molar-refractivity contribution in [3.8, 4) is 0 Å². The first-order valence-corrected chi connectivity index (χ1v) is 5.43. The molecule has 0 aliphatic rings. The minimum atomic E-state index is -0.153. The highest BCUT2D eigenvalue weighted by molar-refractivity contribution is 8.00. The van der Waals surface area contributed by atoms with Gasteiger partial charge in [-0.05, 0) is 19.1 Å². The number of methoxy groups -OCH3 is 2. The zero-order valence-electron chi connectivity index (χ0n) is 8.77. The molecule has 1 aromatic carbocycles. The zero-order chi connectivity index (χ0) is 10.4. The fraction of sp³-hybridized carbons (Fsp3) is 0.455. The van der Waals surface area contributed by atoms with Crippen LogP contribution in [0.4, 0.5) is 0 Å². The van der Waals surface area contributed by atoms with Crippen LogP contribution < -0.4 is 0 Å². The van der Waals surface area contributed by atoms with E-state index in [0.29, 0.717) is 0 Å². The van der Waals surface area contributed by atoms with Crippen LogP contribution in [0, 0.1) is 0 Å². The van der Waals surface area contributed by atoms with Crippen LogP contribution in [0.3, 0.4) is 0 Å². The maximum absolute atomic E-state index is 5.19. The molecule has 0 aromatic heterocycles. The highest BCUT2D eigenvalue weighted by Gasteiger charge is 2.16. The molecule has 0 amide bonds. The number of hydrogen-bond acceptors (Lipinski definition) is 3. The van der Waals surface area contributed by atoms with E-state index in [4.69, 9.17) is 9.47 Å². The summed E-state index contributed by atoms with van der Waals surface area (Å²) >= 11 is 1.75. The number of thioether (sulfide) groups is 1. The second kappa shape index (κ2) is 6.06. The van der Waals surface area contributed by atoms with Crippen molar-refractivity contribution < 1.29 is 9.47 Å². The van der Waals surface area contributed by atoms with Crippen molar-refractivity contribution in [1.82, 2.24) is 0 Å². The van der Waals surface area contributed by atoms with Gasteiger partial charge in [0.25, 0.3) is 0 Å². The molecule has 0 aliphatic heterocycles. The molecule has 1 atom stereocenters. The summed E-state index contributed by atoms with van der Waals surface area (Å²) in [6, 6.07) is 10.2. The van der Waals surface area contributed by atoms with Gasteiger partial charge in [0.1, 0.15) is 0 Å². The van der Waals surface area contributed by atoms with E-state index >= 15 is 0 Å². The molecule has 2 nitrogen and oxygen atoms in total. The topological polar surface area (TPSA) is 18.5 Å². The molecule has 0 radical (unpaired) electrons. The average molecular weight is 212 g/mol. The molecule has 1 unspecified atom stereocenters. The lowest BCUT2D eigenvalue weighted by atomic mass is 10.4. The van der Waals surface area contributed by atoms with Gasteiger partial charge >= 0.3 is 0 Å². The Morgan fingerprint density at radius 3 is 2.14 bits per heavy atom. The molecule has 78 valence electrons.